The Kier molecular flexibility index (Phi) is 4.32. The molecule has 1 rings (SSSR count). The van der Waals surface area contributed by atoms with Gasteiger partial charge in [0.25, 0.3) is 0 Å². The van der Waals surface area contributed by atoms with Gasteiger partial charge in [-0.25, -0.2) is 4.39 Å². The molecule has 1 aromatic carbocycles. The summed E-state index contributed by atoms with van der Waals surface area (Å²) in [4.78, 5) is 13.3. The van der Waals surface area contributed by atoms with Gasteiger partial charge < -0.3 is 4.74 Å². The van der Waals surface area contributed by atoms with Gasteiger partial charge in [0.2, 0.25) is 0 Å². The van der Waals surface area contributed by atoms with Crippen LogP contribution in [0.15, 0.2) is 24.3 Å². The fourth-order valence-electron chi connectivity index (χ4n) is 1.03. The first kappa shape index (κ1) is 11.7. The molecule has 0 aliphatic rings. The first-order valence-electron chi connectivity index (χ1n) is 4.17. The van der Waals surface area contributed by atoms with E-state index in [1.165, 1.54) is 31.2 Å². The number of benzene rings is 1. The second-order valence-corrected chi connectivity index (χ2v) is 3.18. The molecule has 0 bridgehead atoms. The molecule has 78 valence electrons. The average Bonchev–Trinajstić information content (AvgIpc) is 2.17. The predicted octanol–water partition coefficient (Wildman–Crippen LogP) is 2.79. The maximum absolute atomic E-state index is 12.6. The monoisotopic (exact) mass is 270 g/mol. The largest absolute Gasteiger partial charge is 0.444 e. The first-order chi connectivity index (χ1) is 7.13. The van der Waals surface area contributed by atoms with Crippen molar-refractivity contribution in [2.45, 2.75) is 13.0 Å². The summed E-state index contributed by atoms with van der Waals surface area (Å²) in [5.74, 6) is 1.88. The molecule has 0 saturated carbocycles. The van der Waals surface area contributed by atoms with Crippen molar-refractivity contribution in [3.8, 4) is 10.8 Å². The highest BCUT2D eigenvalue weighted by Gasteiger charge is 2.11. The minimum absolute atomic E-state index is 0.341. The third kappa shape index (κ3) is 3.72. The van der Waals surface area contributed by atoms with Crippen LogP contribution in [0.4, 0.5) is 4.39 Å². The molecule has 15 heavy (non-hydrogen) atoms. The zero-order valence-electron chi connectivity index (χ0n) is 7.96. The molecular formula is C11H8BrFO2. The lowest BCUT2D eigenvalue weighted by molar-refractivity contribution is -0.144. The van der Waals surface area contributed by atoms with E-state index in [1.54, 1.807) is 0 Å². The van der Waals surface area contributed by atoms with E-state index < -0.39 is 12.1 Å². The van der Waals surface area contributed by atoms with Gasteiger partial charge in [-0.05, 0) is 22.9 Å². The van der Waals surface area contributed by atoms with Crippen LogP contribution in [0.3, 0.4) is 0 Å². The number of esters is 1. The number of hydrogen-bond acceptors (Lipinski definition) is 2. The maximum atomic E-state index is 12.6. The van der Waals surface area contributed by atoms with Gasteiger partial charge in [-0.2, -0.15) is 0 Å². The number of carbonyl (C=O) groups is 1. The van der Waals surface area contributed by atoms with Crippen molar-refractivity contribution in [2.24, 2.45) is 0 Å². The highest BCUT2D eigenvalue weighted by atomic mass is 79.9. The first-order valence-corrected chi connectivity index (χ1v) is 4.96. The van der Waals surface area contributed by atoms with Crippen LogP contribution in [0.25, 0.3) is 0 Å². The number of hydrogen-bond donors (Lipinski definition) is 0. The van der Waals surface area contributed by atoms with Crippen molar-refractivity contribution in [3.05, 3.63) is 35.6 Å². The van der Waals surface area contributed by atoms with Crippen molar-refractivity contribution in [3.63, 3.8) is 0 Å². The molecule has 1 unspecified atom stereocenters. The lowest BCUT2D eigenvalue weighted by Gasteiger charge is -2.10. The van der Waals surface area contributed by atoms with Crippen molar-refractivity contribution < 1.29 is 13.9 Å². The summed E-state index contributed by atoms with van der Waals surface area (Å²) < 4.78 is 17.6. The number of carbonyl (C=O) groups excluding carboxylic acids is 1. The zero-order valence-corrected chi connectivity index (χ0v) is 9.55. The van der Waals surface area contributed by atoms with Crippen molar-refractivity contribution in [1.82, 2.24) is 0 Å². The quantitative estimate of drug-likeness (QED) is 0.610. The Morgan fingerprint density at radius 2 is 2.07 bits per heavy atom. The molecule has 2 nitrogen and oxygen atoms in total. The minimum Gasteiger partial charge on any atom is -0.444 e. The molecule has 0 radical (unpaired) electrons. The number of rotatable bonds is 2. The fourth-order valence-corrected chi connectivity index (χ4v) is 1.24. The summed E-state index contributed by atoms with van der Waals surface area (Å²) in [6.45, 7) is 1.30. The molecule has 0 aromatic heterocycles. The summed E-state index contributed by atoms with van der Waals surface area (Å²) >= 11 is 2.93. The summed E-state index contributed by atoms with van der Waals surface area (Å²) in [6.07, 6.45) is -0.664. The smallest absolute Gasteiger partial charge is 0.304 e. The standard InChI is InChI=1S/C11H8BrFO2/c1-8(14)15-11(6-7-12)9-2-4-10(13)5-3-9/h2-5,11H,1H3. The fraction of sp³-hybridized carbons (Fsp3) is 0.182. The summed E-state index contributed by atoms with van der Waals surface area (Å²) in [5, 5.41) is 0. The molecule has 4 heteroatoms. The number of halogens is 2. The zero-order chi connectivity index (χ0) is 11.3. The topological polar surface area (TPSA) is 26.3 Å². The van der Waals surface area contributed by atoms with Crippen LogP contribution in [-0.4, -0.2) is 5.97 Å². The van der Waals surface area contributed by atoms with E-state index in [2.05, 4.69) is 26.7 Å². The Morgan fingerprint density at radius 1 is 1.47 bits per heavy atom. The van der Waals surface area contributed by atoms with Crippen LogP contribution in [0.1, 0.15) is 18.6 Å². The predicted molar refractivity (Wildman–Crippen MR) is 57.6 cm³/mol. The molecule has 0 amide bonds. The van der Waals surface area contributed by atoms with Crippen LogP contribution in [0.5, 0.6) is 0 Å². The van der Waals surface area contributed by atoms with E-state index in [0.717, 1.165) is 0 Å². The third-order valence-corrected chi connectivity index (χ3v) is 1.87. The molecule has 0 spiro atoms. The lowest BCUT2D eigenvalue weighted by atomic mass is 10.1. The van der Waals surface area contributed by atoms with Crippen LogP contribution < -0.4 is 0 Å². The van der Waals surface area contributed by atoms with Crippen molar-refractivity contribution >= 4 is 21.9 Å². The molecule has 1 atom stereocenters. The molecule has 0 fully saturated rings. The van der Waals surface area contributed by atoms with Crippen LogP contribution >= 0.6 is 15.9 Å². The Bertz CT molecular complexity index is 403. The SMILES string of the molecule is CC(=O)OC(C#CBr)c1ccc(F)cc1. The Hall–Kier alpha value is -1.34. The molecule has 1 aromatic rings. The Morgan fingerprint density at radius 3 is 2.53 bits per heavy atom. The molecule has 0 heterocycles. The normalized spacial score (nSPS) is 11.1. The summed E-state index contributed by atoms with van der Waals surface area (Å²) in [5.41, 5.74) is 0.638. The summed E-state index contributed by atoms with van der Waals surface area (Å²) in [7, 11) is 0. The highest BCUT2D eigenvalue weighted by Crippen LogP contribution is 2.17. The van der Waals surface area contributed by atoms with Crippen LogP contribution in [0, 0.1) is 16.6 Å². The highest BCUT2D eigenvalue weighted by molar-refractivity contribution is 9.12. The Labute approximate surface area is 95.6 Å². The van der Waals surface area contributed by atoms with Crippen LogP contribution in [-0.2, 0) is 9.53 Å². The van der Waals surface area contributed by atoms with Crippen LogP contribution in [0.2, 0.25) is 0 Å². The molecule has 0 saturated heterocycles. The van der Waals surface area contributed by atoms with Gasteiger partial charge in [-0.15, -0.1) is 0 Å². The third-order valence-electron chi connectivity index (χ3n) is 1.64. The van der Waals surface area contributed by atoms with E-state index in [0.29, 0.717) is 5.56 Å². The van der Waals surface area contributed by atoms with E-state index in [9.17, 15) is 9.18 Å². The van der Waals surface area contributed by atoms with Gasteiger partial charge in [-0.3, -0.25) is 4.79 Å². The molecule has 0 aliphatic heterocycles. The second-order valence-electron chi connectivity index (χ2n) is 2.78. The molecular weight excluding hydrogens is 263 g/mol. The van der Waals surface area contributed by atoms with E-state index >= 15 is 0 Å². The lowest BCUT2D eigenvalue weighted by Crippen LogP contribution is -2.06. The molecule has 0 aliphatic carbocycles. The van der Waals surface area contributed by atoms with Gasteiger partial charge in [-0.1, -0.05) is 12.1 Å². The van der Waals surface area contributed by atoms with Crippen molar-refractivity contribution in [1.29, 1.82) is 0 Å². The van der Waals surface area contributed by atoms with Gasteiger partial charge in [0.15, 0.2) is 6.10 Å². The number of ether oxygens (including phenoxy) is 1. The van der Waals surface area contributed by atoms with Gasteiger partial charge in [0, 0.05) is 28.4 Å². The van der Waals surface area contributed by atoms with E-state index in [-0.39, 0.29) is 5.82 Å². The van der Waals surface area contributed by atoms with E-state index in [1.807, 2.05) is 0 Å². The van der Waals surface area contributed by atoms with Crippen molar-refractivity contribution in [2.75, 3.05) is 0 Å². The maximum Gasteiger partial charge on any atom is 0.304 e. The van der Waals surface area contributed by atoms with E-state index in [4.69, 9.17) is 4.74 Å². The van der Waals surface area contributed by atoms with Gasteiger partial charge in [0.05, 0.1) is 0 Å². The summed E-state index contributed by atoms with van der Waals surface area (Å²) in [6, 6.07) is 5.64. The van der Waals surface area contributed by atoms with Gasteiger partial charge in [0.1, 0.15) is 5.82 Å². The minimum atomic E-state index is -0.664. The Balaban J connectivity index is 2.92. The molecule has 0 N–H and O–H groups in total. The van der Waals surface area contributed by atoms with Gasteiger partial charge >= 0.3 is 5.97 Å². The second kappa shape index (κ2) is 5.52. The average molecular weight is 271 g/mol.